The van der Waals surface area contributed by atoms with Crippen molar-refractivity contribution in [3.8, 4) is 0 Å². The zero-order valence-corrected chi connectivity index (χ0v) is 18.2. The second kappa shape index (κ2) is 13.7. The van der Waals surface area contributed by atoms with Crippen LogP contribution in [0.5, 0.6) is 0 Å². The Kier molecular flexibility index (Phi) is 11.7. The predicted molar refractivity (Wildman–Crippen MR) is 111 cm³/mol. The monoisotopic (exact) mass is 422 g/mol. The maximum atomic E-state index is 13.2. The van der Waals surface area contributed by atoms with Gasteiger partial charge in [0.1, 0.15) is 6.61 Å². The summed E-state index contributed by atoms with van der Waals surface area (Å²) >= 11 is 0. The van der Waals surface area contributed by atoms with Crippen LogP contribution >= 0.6 is 0 Å². The number of rotatable bonds is 14. The molecule has 1 rings (SSSR count). The van der Waals surface area contributed by atoms with Gasteiger partial charge in [0.05, 0.1) is 18.6 Å². The third-order valence-electron chi connectivity index (χ3n) is 4.75. The van der Waals surface area contributed by atoms with Crippen molar-refractivity contribution >= 4 is 18.3 Å². The van der Waals surface area contributed by atoms with Crippen LogP contribution in [0, 0.1) is 11.8 Å². The van der Waals surface area contributed by atoms with Gasteiger partial charge in [-0.05, 0) is 24.3 Å². The van der Waals surface area contributed by atoms with Crippen molar-refractivity contribution < 1.29 is 29.1 Å². The number of carbonyl (C=O) groups excluding carboxylic acids is 3. The van der Waals surface area contributed by atoms with Crippen LogP contribution in [0.4, 0.5) is 0 Å². The minimum atomic E-state index is -1.00. The van der Waals surface area contributed by atoms with Gasteiger partial charge in [0.15, 0.2) is 6.04 Å². The Morgan fingerprint density at radius 2 is 1.87 bits per heavy atom. The number of nitrogens with zero attached hydrogens (tertiary/aromatic N) is 1. The Bertz CT molecular complexity index is 652. The largest absolute Gasteiger partial charge is 0.461 e. The average molecular weight is 423 g/mol. The van der Waals surface area contributed by atoms with E-state index in [-0.39, 0.29) is 19.1 Å². The molecule has 0 fully saturated rings. The number of hydrogen-bond acceptors (Lipinski definition) is 6. The van der Waals surface area contributed by atoms with Crippen LogP contribution in [0.1, 0.15) is 51.6 Å². The molecule has 8 heteroatoms. The molecule has 3 atom stereocenters. The average Bonchev–Trinajstić information content (AvgIpc) is 2.74. The topological polar surface area (TPSA) is 105 Å². The molecule has 0 saturated carbocycles. The SMILES string of the molecule is CCCC(C(CC(C)C)C(=O)NC(C(=O)OCCOC)c1ccccc1)N(O)C=O. The summed E-state index contributed by atoms with van der Waals surface area (Å²) < 4.78 is 10.1. The molecule has 0 bridgehead atoms. The molecule has 0 saturated heterocycles. The van der Waals surface area contributed by atoms with E-state index in [9.17, 15) is 19.6 Å². The summed E-state index contributed by atoms with van der Waals surface area (Å²) in [4.78, 5) is 37.1. The Morgan fingerprint density at radius 3 is 2.40 bits per heavy atom. The molecule has 8 nitrogen and oxygen atoms in total. The molecule has 0 heterocycles. The fourth-order valence-corrected chi connectivity index (χ4v) is 3.32. The lowest BCUT2D eigenvalue weighted by atomic mass is 9.86. The summed E-state index contributed by atoms with van der Waals surface area (Å²) in [7, 11) is 1.50. The standard InChI is InChI=1S/C22H34N2O6/c1-5-9-19(24(28)15-25)18(14-16(2)3)21(26)23-20(17-10-7-6-8-11-17)22(27)30-13-12-29-4/h6-8,10-11,15-16,18-20,28H,5,9,12-14H2,1-4H3,(H,23,26). The van der Waals surface area contributed by atoms with E-state index in [2.05, 4.69) is 5.32 Å². The fraction of sp³-hybridized carbons (Fsp3) is 0.591. The minimum Gasteiger partial charge on any atom is -0.461 e. The smallest absolute Gasteiger partial charge is 0.333 e. The summed E-state index contributed by atoms with van der Waals surface area (Å²) in [6.45, 7) is 6.14. The van der Waals surface area contributed by atoms with Crippen LogP contribution in [0.3, 0.4) is 0 Å². The van der Waals surface area contributed by atoms with E-state index in [1.165, 1.54) is 7.11 Å². The number of amides is 2. The molecular formula is C22H34N2O6. The van der Waals surface area contributed by atoms with Gasteiger partial charge in [0.2, 0.25) is 12.3 Å². The van der Waals surface area contributed by atoms with Gasteiger partial charge in [-0.3, -0.25) is 14.8 Å². The molecule has 3 unspecified atom stereocenters. The van der Waals surface area contributed by atoms with E-state index in [0.29, 0.717) is 36.3 Å². The van der Waals surface area contributed by atoms with Gasteiger partial charge in [0.25, 0.3) is 0 Å². The van der Waals surface area contributed by atoms with Crippen molar-refractivity contribution in [3.05, 3.63) is 35.9 Å². The van der Waals surface area contributed by atoms with Crippen LogP contribution in [0.25, 0.3) is 0 Å². The highest BCUT2D eigenvalue weighted by atomic mass is 16.6. The fourth-order valence-electron chi connectivity index (χ4n) is 3.32. The van der Waals surface area contributed by atoms with Gasteiger partial charge < -0.3 is 14.8 Å². The Labute approximate surface area is 178 Å². The van der Waals surface area contributed by atoms with Gasteiger partial charge in [-0.2, -0.15) is 0 Å². The van der Waals surface area contributed by atoms with Crippen LogP contribution in [-0.4, -0.2) is 54.9 Å². The molecule has 168 valence electrons. The molecule has 0 aliphatic heterocycles. The summed E-state index contributed by atoms with van der Waals surface area (Å²) in [5, 5.41) is 13.4. The predicted octanol–water partition coefficient (Wildman–Crippen LogP) is 2.71. The van der Waals surface area contributed by atoms with Crippen LogP contribution < -0.4 is 5.32 Å². The first kappa shape index (κ1) is 25.6. The Balaban J connectivity index is 3.13. The van der Waals surface area contributed by atoms with Gasteiger partial charge >= 0.3 is 5.97 Å². The highest BCUT2D eigenvalue weighted by Gasteiger charge is 2.35. The van der Waals surface area contributed by atoms with Crippen molar-refractivity contribution in [2.45, 2.75) is 52.1 Å². The Hall–Kier alpha value is -2.45. The quantitative estimate of drug-likeness (QED) is 0.157. The normalized spacial score (nSPS) is 13.9. The number of benzene rings is 1. The second-order valence-corrected chi connectivity index (χ2v) is 7.59. The maximum Gasteiger partial charge on any atom is 0.333 e. The zero-order chi connectivity index (χ0) is 22.5. The first-order chi connectivity index (χ1) is 14.3. The highest BCUT2D eigenvalue weighted by Crippen LogP contribution is 2.24. The number of carbonyl (C=O) groups is 3. The van der Waals surface area contributed by atoms with Crippen LogP contribution in [-0.2, 0) is 23.9 Å². The number of hydroxylamine groups is 2. The molecular weight excluding hydrogens is 388 g/mol. The number of nitrogens with one attached hydrogen (secondary N) is 1. The lowest BCUT2D eigenvalue weighted by Gasteiger charge is -2.32. The van der Waals surface area contributed by atoms with Gasteiger partial charge in [-0.1, -0.05) is 57.5 Å². The van der Waals surface area contributed by atoms with Crippen molar-refractivity contribution in [3.63, 3.8) is 0 Å². The lowest BCUT2D eigenvalue weighted by Crippen LogP contribution is -2.48. The molecule has 2 amide bonds. The first-order valence-electron chi connectivity index (χ1n) is 10.3. The van der Waals surface area contributed by atoms with Gasteiger partial charge in [-0.15, -0.1) is 0 Å². The van der Waals surface area contributed by atoms with Crippen molar-refractivity contribution in [1.29, 1.82) is 0 Å². The van der Waals surface area contributed by atoms with Crippen LogP contribution in [0.15, 0.2) is 30.3 Å². The third-order valence-corrected chi connectivity index (χ3v) is 4.75. The zero-order valence-electron chi connectivity index (χ0n) is 18.2. The molecule has 0 aromatic heterocycles. The lowest BCUT2D eigenvalue weighted by molar-refractivity contribution is -0.170. The van der Waals surface area contributed by atoms with E-state index in [0.717, 1.165) is 0 Å². The number of hydrogen-bond donors (Lipinski definition) is 2. The van der Waals surface area contributed by atoms with Crippen LogP contribution in [0.2, 0.25) is 0 Å². The molecule has 1 aromatic rings. The summed E-state index contributed by atoms with van der Waals surface area (Å²) in [6.07, 6.45) is 1.89. The highest BCUT2D eigenvalue weighted by molar-refractivity contribution is 5.87. The molecule has 1 aromatic carbocycles. The van der Waals surface area contributed by atoms with E-state index < -0.39 is 29.9 Å². The molecule has 0 aliphatic rings. The minimum absolute atomic E-state index is 0.0674. The molecule has 0 aliphatic carbocycles. The molecule has 0 spiro atoms. The maximum absolute atomic E-state index is 13.2. The van der Waals surface area contributed by atoms with Gasteiger partial charge in [-0.25, -0.2) is 9.86 Å². The Morgan fingerprint density at radius 1 is 1.20 bits per heavy atom. The second-order valence-electron chi connectivity index (χ2n) is 7.59. The summed E-state index contributed by atoms with van der Waals surface area (Å²) in [5.41, 5.74) is 0.583. The van der Waals surface area contributed by atoms with E-state index in [1.807, 2.05) is 26.8 Å². The number of methoxy groups -OCH3 is 1. The van der Waals surface area contributed by atoms with E-state index in [4.69, 9.17) is 9.47 Å². The van der Waals surface area contributed by atoms with Crippen molar-refractivity contribution in [2.75, 3.05) is 20.3 Å². The third kappa shape index (κ3) is 8.12. The van der Waals surface area contributed by atoms with Crippen molar-refractivity contribution in [1.82, 2.24) is 10.4 Å². The first-order valence-corrected chi connectivity index (χ1v) is 10.3. The van der Waals surface area contributed by atoms with E-state index >= 15 is 0 Å². The van der Waals surface area contributed by atoms with Gasteiger partial charge in [0, 0.05) is 7.11 Å². The molecule has 30 heavy (non-hydrogen) atoms. The summed E-state index contributed by atoms with van der Waals surface area (Å²) in [5.74, 6) is -1.55. The molecule has 2 N–H and O–H groups in total. The number of esters is 1. The summed E-state index contributed by atoms with van der Waals surface area (Å²) in [6, 6.07) is 7.12. The molecule has 0 radical (unpaired) electrons. The van der Waals surface area contributed by atoms with E-state index in [1.54, 1.807) is 24.3 Å². The van der Waals surface area contributed by atoms with Crippen molar-refractivity contribution in [2.24, 2.45) is 11.8 Å². The number of ether oxygens (including phenoxy) is 2.